The van der Waals surface area contributed by atoms with E-state index in [2.05, 4.69) is 38.3 Å². The van der Waals surface area contributed by atoms with Gasteiger partial charge in [-0.1, -0.05) is 13.8 Å². The Bertz CT molecular complexity index is 370. The Hall–Kier alpha value is -0.760. The van der Waals surface area contributed by atoms with Crippen molar-refractivity contribution in [1.29, 1.82) is 0 Å². The lowest BCUT2D eigenvalue weighted by molar-refractivity contribution is 0.507. The van der Waals surface area contributed by atoms with E-state index in [1.165, 1.54) is 17.0 Å². The Labute approximate surface area is 92.5 Å². The van der Waals surface area contributed by atoms with Crippen LogP contribution in [0, 0.1) is 19.8 Å². The van der Waals surface area contributed by atoms with Crippen LogP contribution in [0.15, 0.2) is 6.07 Å². The van der Waals surface area contributed by atoms with Gasteiger partial charge in [-0.3, -0.25) is 0 Å². The van der Waals surface area contributed by atoms with Gasteiger partial charge in [0.05, 0.1) is 0 Å². The van der Waals surface area contributed by atoms with Crippen molar-refractivity contribution in [2.24, 2.45) is 11.7 Å². The number of nitrogens with zero attached hydrogens (tertiary/aromatic N) is 1. The topological polar surface area (TPSA) is 30.9 Å². The van der Waals surface area contributed by atoms with E-state index in [0.29, 0.717) is 5.92 Å². The van der Waals surface area contributed by atoms with E-state index in [1.807, 2.05) is 0 Å². The summed E-state index contributed by atoms with van der Waals surface area (Å²) in [4.78, 5) is 0. The molecule has 0 aliphatic heterocycles. The van der Waals surface area contributed by atoms with Crippen molar-refractivity contribution in [3.8, 4) is 0 Å². The van der Waals surface area contributed by atoms with Crippen molar-refractivity contribution in [3.05, 3.63) is 23.0 Å². The fraction of sp³-hybridized carbons (Fsp3) is 0.692. The first kappa shape index (κ1) is 10.7. The molecule has 1 heterocycles. The second-order valence-electron chi connectivity index (χ2n) is 5.45. The molecular weight excluding hydrogens is 184 g/mol. The molecule has 2 rings (SSSR count). The van der Waals surface area contributed by atoms with Crippen molar-refractivity contribution < 1.29 is 0 Å². The fourth-order valence-corrected chi connectivity index (χ4v) is 2.36. The number of hydrogen-bond donors (Lipinski definition) is 1. The zero-order chi connectivity index (χ0) is 11.2. The highest BCUT2D eigenvalue weighted by molar-refractivity contribution is 5.37. The van der Waals surface area contributed by atoms with Gasteiger partial charge in [0.15, 0.2) is 0 Å². The maximum atomic E-state index is 6.27. The van der Waals surface area contributed by atoms with Crippen LogP contribution in [-0.2, 0) is 12.1 Å². The predicted octanol–water partition coefficient (Wildman–Crippen LogP) is 2.71. The zero-order valence-electron chi connectivity index (χ0n) is 10.3. The van der Waals surface area contributed by atoms with Gasteiger partial charge in [0, 0.05) is 23.5 Å². The maximum Gasteiger partial charge on any atom is 0.0429 e. The lowest BCUT2D eigenvalue weighted by Gasteiger charge is -2.14. The van der Waals surface area contributed by atoms with Gasteiger partial charge in [-0.2, -0.15) is 0 Å². The standard InChI is InChI=1S/C13H22N2/c1-9(2)8-15-10(3)7-12(11(15)4)13(14)5-6-13/h7,9H,5-6,8,14H2,1-4H3. The van der Waals surface area contributed by atoms with Crippen LogP contribution in [0.2, 0.25) is 0 Å². The van der Waals surface area contributed by atoms with Gasteiger partial charge in [-0.05, 0) is 44.2 Å². The van der Waals surface area contributed by atoms with Gasteiger partial charge < -0.3 is 10.3 Å². The molecule has 84 valence electrons. The molecule has 15 heavy (non-hydrogen) atoms. The first-order valence-corrected chi connectivity index (χ1v) is 5.90. The van der Waals surface area contributed by atoms with Crippen LogP contribution in [0.4, 0.5) is 0 Å². The van der Waals surface area contributed by atoms with Crippen molar-refractivity contribution in [1.82, 2.24) is 4.57 Å². The molecule has 0 radical (unpaired) electrons. The van der Waals surface area contributed by atoms with Gasteiger partial charge >= 0.3 is 0 Å². The smallest absolute Gasteiger partial charge is 0.0429 e. The molecule has 0 spiro atoms. The molecule has 1 saturated carbocycles. The number of rotatable bonds is 3. The number of hydrogen-bond acceptors (Lipinski definition) is 1. The maximum absolute atomic E-state index is 6.27. The molecule has 0 bridgehead atoms. The van der Waals surface area contributed by atoms with Crippen LogP contribution in [0.3, 0.4) is 0 Å². The van der Waals surface area contributed by atoms with Crippen molar-refractivity contribution in [3.63, 3.8) is 0 Å². The third-order valence-electron chi connectivity index (χ3n) is 3.45. The minimum absolute atomic E-state index is 0.0110. The summed E-state index contributed by atoms with van der Waals surface area (Å²) in [7, 11) is 0. The molecule has 0 aromatic carbocycles. The molecule has 1 aromatic heterocycles. The summed E-state index contributed by atoms with van der Waals surface area (Å²) < 4.78 is 2.41. The molecule has 0 saturated heterocycles. The highest BCUT2D eigenvalue weighted by Crippen LogP contribution is 2.44. The lowest BCUT2D eigenvalue weighted by atomic mass is 10.1. The number of nitrogens with two attached hydrogens (primary N) is 1. The third kappa shape index (κ3) is 1.83. The van der Waals surface area contributed by atoms with E-state index in [1.54, 1.807) is 0 Å². The summed E-state index contributed by atoms with van der Waals surface area (Å²) in [6, 6.07) is 2.28. The molecule has 2 heteroatoms. The summed E-state index contributed by atoms with van der Waals surface area (Å²) in [6.07, 6.45) is 2.30. The molecule has 1 aromatic rings. The van der Waals surface area contributed by atoms with Gasteiger partial charge in [-0.15, -0.1) is 0 Å². The molecule has 2 N–H and O–H groups in total. The molecule has 0 amide bonds. The van der Waals surface area contributed by atoms with Crippen LogP contribution in [0.5, 0.6) is 0 Å². The van der Waals surface area contributed by atoms with E-state index in [0.717, 1.165) is 19.4 Å². The monoisotopic (exact) mass is 206 g/mol. The van der Waals surface area contributed by atoms with Crippen molar-refractivity contribution >= 4 is 0 Å². The first-order valence-electron chi connectivity index (χ1n) is 5.90. The molecule has 0 atom stereocenters. The SMILES string of the molecule is Cc1cc(C2(N)CC2)c(C)n1CC(C)C. The average molecular weight is 206 g/mol. The number of aromatic nitrogens is 1. The summed E-state index contributed by atoms with van der Waals surface area (Å²) in [5.74, 6) is 0.690. The normalized spacial score (nSPS) is 18.5. The average Bonchev–Trinajstić information content (AvgIpc) is 2.82. The number of aryl methyl sites for hydroxylation is 1. The van der Waals surface area contributed by atoms with Gasteiger partial charge in [0.2, 0.25) is 0 Å². The minimum atomic E-state index is 0.0110. The Balaban J connectivity index is 2.35. The lowest BCUT2D eigenvalue weighted by Crippen LogP contribution is -2.19. The van der Waals surface area contributed by atoms with Gasteiger partial charge in [0.25, 0.3) is 0 Å². The largest absolute Gasteiger partial charge is 0.349 e. The molecule has 1 fully saturated rings. The Morgan fingerprint density at radius 2 is 2.00 bits per heavy atom. The van der Waals surface area contributed by atoms with E-state index in [4.69, 9.17) is 5.73 Å². The Morgan fingerprint density at radius 3 is 2.47 bits per heavy atom. The molecule has 1 aliphatic carbocycles. The van der Waals surface area contributed by atoms with Crippen LogP contribution < -0.4 is 5.73 Å². The van der Waals surface area contributed by atoms with Crippen LogP contribution in [0.1, 0.15) is 43.6 Å². The first-order chi connectivity index (χ1) is 6.94. The van der Waals surface area contributed by atoms with E-state index in [-0.39, 0.29) is 5.54 Å². The van der Waals surface area contributed by atoms with E-state index < -0.39 is 0 Å². The second-order valence-corrected chi connectivity index (χ2v) is 5.45. The van der Waals surface area contributed by atoms with Crippen molar-refractivity contribution in [2.75, 3.05) is 0 Å². The molecule has 2 nitrogen and oxygen atoms in total. The molecule has 0 unspecified atom stereocenters. The van der Waals surface area contributed by atoms with Crippen molar-refractivity contribution in [2.45, 2.75) is 52.6 Å². The molecule has 1 aliphatic rings. The van der Waals surface area contributed by atoms with Crippen LogP contribution in [0.25, 0.3) is 0 Å². The highest BCUT2D eigenvalue weighted by atomic mass is 15.0. The molecular formula is C13H22N2. The summed E-state index contributed by atoms with van der Waals surface area (Å²) >= 11 is 0. The quantitative estimate of drug-likeness (QED) is 0.810. The second kappa shape index (κ2) is 3.38. The third-order valence-corrected chi connectivity index (χ3v) is 3.45. The van der Waals surface area contributed by atoms with Crippen LogP contribution in [-0.4, -0.2) is 4.57 Å². The summed E-state index contributed by atoms with van der Waals surface area (Å²) in [5, 5.41) is 0. The van der Waals surface area contributed by atoms with E-state index in [9.17, 15) is 0 Å². The summed E-state index contributed by atoms with van der Waals surface area (Å²) in [5.41, 5.74) is 10.4. The van der Waals surface area contributed by atoms with Gasteiger partial charge in [0.1, 0.15) is 0 Å². The summed E-state index contributed by atoms with van der Waals surface area (Å²) in [6.45, 7) is 10.0. The van der Waals surface area contributed by atoms with Crippen LogP contribution >= 0.6 is 0 Å². The minimum Gasteiger partial charge on any atom is -0.349 e. The highest BCUT2D eigenvalue weighted by Gasteiger charge is 2.42. The van der Waals surface area contributed by atoms with E-state index >= 15 is 0 Å². The zero-order valence-corrected chi connectivity index (χ0v) is 10.3. The van der Waals surface area contributed by atoms with Gasteiger partial charge in [-0.25, -0.2) is 0 Å². The Kier molecular flexibility index (Phi) is 2.42. The Morgan fingerprint density at radius 1 is 1.40 bits per heavy atom. The predicted molar refractivity (Wildman–Crippen MR) is 63.8 cm³/mol. The fourth-order valence-electron chi connectivity index (χ4n) is 2.36.